The number of rotatable bonds is 4. The molecule has 1 atom stereocenters. The highest BCUT2D eigenvalue weighted by Crippen LogP contribution is 2.25. The highest BCUT2D eigenvalue weighted by atomic mass is 32.2. The first kappa shape index (κ1) is 11.7. The Morgan fingerprint density at radius 3 is 3.22 bits per heavy atom. The van der Waals surface area contributed by atoms with Crippen LogP contribution in [0.4, 0.5) is 5.69 Å². The van der Waals surface area contributed by atoms with E-state index in [1.165, 1.54) is 24.3 Å². The number of aromatic nitrogens is 1. The number of hydrogen-bond acceptors (Lipinski definition) is 4. The molecule has 0 radical (unpaired) electrons. The van der Waals surface area contributed by atoms with Crippen LogP contribution in [-0.2, 0) is 0 Å². The molecule has 0 saturated carbocycles. The van der Waals surface area contributed by atoms with Crippen LogP contribution in [0.25, 0.3) is 11.3 Å². The Morgan fingerprint density at radius 1 is 1.44 bits per heavy atom. The van der Waals surface area contributed by atoms with E-state index in [-0.39, 0.29) is 0 Å². The summed E-state index contributed by atoms with van der Waals surface area (Å²) in [5, 5.41) is 3.51. The lowest BCUT2D eigenvalue weighted by molar-refractivity contribution is 0.572. The van der Waals surface area contributed by atoms with Crippen molar-refractivity contribution in [3.8, 4) is 11.3 Å². The van der Waals surface area contributed by atoms with Crippen molar-refractivity contribution in [3.05, 3.63) is 36.9 Å². The second-order valence-electron chi connectivity index (χ2n) is 4.56. The maximum atomic E-state index is 5.31. The molecule has 0 spiro atoms. The molecule has 0 bridgehead atoms. The number of anilines is 1. The fraction of sp³-hybridized carbons (Fsp3) is 0.357. The van der Waals surface area contributed by atoms with Gasteiger partial charge in [-0.1, -0.05) is 12.1 Å². The number of thioether (sulfide) groups is 1. The predicted molar refractivity (Wildman–Crippen MR) is 75.9 cm³/mol. The molecule has 1 aliphatic rings. The van der Waals surface area contributed by atoms with E-state index in [4.69, 9.17) is 4.42 Å². The Hall–Kier alpha value is -1.42. The predicted octanol–water partition coefficient (Wildman–Crippen LogP) is 3.51. The first-order chi connectivity index (χ1) is 8.92. The van der Waals surface area contributed by atoms with Gasteiger partial charge in [0.25, 0.3) is 0 Å². The largest absolute Gasteiger partial charge is 0.444 e. The van der Waals surface area contributed by atoms with Gasteiger partial charge in [-0.15, -0.1) is 0 Å². The summed E-state index contributed by atoms with van der Waals surface area (Å²) in [5.74, 6) is 4.22. The SMILES string of the molecule is c1cc(NCC2CCSC2)cc(-c2cnco2)c1. The maximum absolute atomic E-state index is 5.31. The van der Waals surface area contributed by atoms with E-state index in [1.54, 1.807) is 6.20 Å². The summed E-state index contributed by atoms with van der Waals surface area (Å²) < 4.78 is 5.31. The van der Waals surface area contributed by atoms with Crippen molar-refractivity contribution < 1.29 is 4.42 Å². The molecule has 1 N–H and O–H groups in total. The molecule has 3 nitrogen and oxygen atoms in total. The zero-order valence-corrected chi connectivity index (χ0v) is 11.0. The molecule has 2 heterocycles. The number of hydrogen-bond donors (Lipinski definition) is 1. The van der Waals surface area contributed by atoms with Crippen LogP contribution in [0.3, 0.4) is 0 Å². The van der Waals surface area contributed by atoms with Gasteiger partial charge in [-0.25, -0.2) is 4.98 Å². The molecule has 0 amide bonds. The summed E-state index contributed by atoms with van der Waals surface area (Å²) in [7, 11) is 0. The van der Waals surface area contributed by atoms with Gasteiger partial charge in [-0.3, -0.25) is 0 Å². The summed E-state index contributed by atoms with van der Waals surface area (Å²) in [6.45, 7) is 1.06. The number of nitrogens with one attached hydrogen (secondary N) is 1. The topological polar surface area (TPSA) is 38.1 Å². The van der Waals surface area contributed by atoms with E-state index >= 15 is 0 Å². The summed E-state index contributed by atoms with van der Waals surface area (Å²) in [6.07, 6.45) is 4.54. The molecule has 1 aromatic carbocycles. The van der Waals surface area contributed by atoms with Crippen molar-refractivity contribution in [2.24, 2.45) is 5.92 Å². The summed E-state index contributed by atoms with van der Waals surface area (Å²) >= 11 is 2.06. The maximum Gasteiger partial charge on any atom is 0.181 e. The van der Waals surface area contributed by atoms with Crippen LogP contribution < -0.4 is 5.32 Å². The van der Waals surface area contributed by atoms with Crippen molar-refractivity contribution in [1.29, 1.82) is 0 Å². The Bertz CT molecular complexity index is 492. The molecule has 4 heteroatoms. The summed E-state index contributed by atoms with van der Waals surface area (Å²) in [5.41, 5.74) is 2.22. The van der Waals surface area contributed by atoms with E-state index < -0.39 is 0 Å². The number of benzene rings is 1. The van der Waals surface area contributed by atoms with Crippen LogP contribution in [0.2, 0.25) is 0 Å². The first-order valence-corrected chi connectivity index (χ1v) is 7.38. The van der Waals surface area contributed by atoms with Crippen molar-refractivity contribution in [1.82, 2.24) is 4.98 Å². The van der Waals surface area contributed by atoms with Crippen LogP contribution in [-0.4, -0.2) is 23.0 Å². The van der Waals surface area contributed by atoms with Gasteiger partial charge in [0.15, 0.2) is 12.2 Å². The molecule has 1 unspecified atom stereocenters. The van der Waals surface area contributed by atoms with Crippen molar-refractivity contribution in [2.75, 3.05) is 23.4 Å². The highest BCUT2D eigenvalue weighted by molar-refractivity contribution is 7.99. The van der Waals surface area contributed by atoms with Crippen LogP contribution >= 0.6 is 11.8 Å². The van der Waals surface area contributed by atoms with Crippen molar-refractivity contribution in [2.45, 2.75) is 6.42 Å². The Labute approximate surface area is 111 Å². The molecule has 1 aliphatic heterocycles. The van der Waals surface area contributed by atoms with Crippen LogP contribution in [0.1, 0.15) is 6.42 Å². The first-order valence-electron chi connectivity index (χ1n) is 6.22. The fourth-order valence-electron chi connectivity index (χ4n) is 2.15. The lowest BCUT2D eigenvalue weighted by atomic mass is 10.1. The van der Waals surface area contributed by atoms with E-state index in [0.29, 0.717) is 0 Å². The Kier molecular flexibility index (Phi) is 3.55. The molecule has 94 valence electrons. The minimum Gasteiger partial charge on any atom is -0.444 e. The third-order valence-corrected chi connectivity index (χ3v) is 4.43. The van der Waals surface area contributed by atoms with Crippen molar-refractivity contribution >= 4 is 17.4 Å². The minimum atomic E-state index is 0.809. The number of oxazole rings is 1. The van der Waals surface area contributed by atoms with Gasteiger partial charge in [0, 0.05) is 17.8 Å². The van der Waals surface area contributed by atoms with Crippen LogP contribution in [0.5, 0.6) is 0 Å². The molecule has 1 aromatic heterocycles. The minimum absolute atomic E-state index is 0.809. The van der Waals surface area contributed by atoms with Crippen molar-refractivity contribution in [3.63, 3.8) is 0 Å². The molecular weight excluding hydrogens is 244 g/mol. The normalized spacial score (nSPS) is 19.0. The van der Waals surface area contributed by atoms with Crippen LogP contribution in [0, 0.1) is 5.92 Å². The van der Waals surface area contributed by atoms with E-state index in [2.05, 4.69) is 34.2 Å². The van der Waals surface area contributed by atoms with E-state index in [9.17, 15) is 0 Å². The standard InChI is InChI=1S/C14H16N2OS/c1-2-12(14-8-15-10-17-14)6-13(3-1)16-7-11-4-5-18-9-11/h1-3,6,8,10-11,16H,4-5,7,9H2. The summed E-state index contributed by atoms with van der Waals surface area (Å²) in [6, 6.07) is 8.30. The van der Waals surface area contributed by atoms with Gasteiger partial charge in [-0.05, 0) is 36.0 Å². The molecule has 1 saturated heterocycles. The fourth-order valence-corrected chi connectivity index (χ4v) is 3.43. The molecular formula is C14H16N2OS. The smallest absolute Gasteiger partial charge is 0.181 e. The molecule has 2 aromatic rings. The molecule has 18 heavy (non-hydrogen) atoms. The Balaban J connectivity index is 1.67. The lowest BCUT2D eigenvalue weighted by Gasteiger charge is -2.11. The molecule has 0 aliphatic carbocycles. The average Bonchev–Trinajstić information content (AvgIpc) is 3.10. The average molecular weight is 260 g/mol. The number of nitrogens with zero attached hydrogens (tertiary/aromatic N) is 1. The summed E-state index contributed by atoms with van der Waals surface area (Å²) in [4.78, 5) is 3.95. The molecule has 3 rings (SSSR count). The molecule has 1 fully saturated rings. The van der Waals surface area contributed by atoms with Gasteiger partial charge in [-0.2, -0.15) is 11.8 Å². The Morgan fingerprint density at radius 2 is 2.44 bits per heavy atom. The van der Waals surface area contributed by atoms with E-state index in [1.807, 2.05) is 12.1 Å². The zero-order valence-electron chi connectivity index (χ0n) is 10.1. The van der Waals surface area contributed by atoms with Gasteiger partial charge >= 0.3 is 0 Å². The second kappa shape index (κ2) is 5.48. The monoisotopic (exact) mass is 260 g/mol. The third kappa shape index (κ3) is 2.70. The zero-order chi connectivity index (χ0) is 12.2. The van der Waals surface area contributed by atoms with Gasteiger partial charge < -0.3 is 9.73 Å². The van der Waals surface area contributed by atoms with E-state index in [0.717, 1.165) is 29.5 Å². The quantitative estimate of drug-likeness (QED) is 0.913. The van der Waals surface area contributed by atoms with Gasteiger partial charge in [0.05, 0.1) is 6.20 Å². The highest BCUT2D eigenvalue weighted by Gasteiger charge is 2.14. The van der Waals surface area contributed by atoms with Crippen LogP contribution in [0.15, 0.2) is 41.3 Å². The third-order valence-electron chi connectivity index (χ3n) is 3.20. The van der Waals surface area contributed by atoms with Gasteiger partial charge in [0.2, 0.25) is 0 Å². The lowest BCUT2D eigenvalue weighted by Crippen LogP contribution is -2.13. The van der Waals surface area contributed by atoms with Gasteiger partial charge in [0.1, 0.15) is 0 Å². The second-order valence-corrected chi connectivity index (χ2v) is 5.71.